The van der Waals surface area contributed by atoms with Gasteiger partial charge in [0, 0.05) is 19.2 Å². The van der Waals surface area contributed by atoms with Gasteiger partial charge in [0.1, 0.15) is 40.3 Å². The van der Waals surface area contributed by atoms with E-state index < -0.39 is 22.1 Å². The largest absolute Gasteiger partial charge is 0.351 e. The first-order valence-corrected chi connectivity index (χ1v) is 13.9. The molecule has 2 unspecified atom stereocenters. The Morgan fingerprint density at radius 2 is 1.95 bits per heavy atom. The number of aryl methyl sites for hydroxylation is 1. The van der Waals surface area contributed by atoms with Crippen molar-refractivity contribution in [3.05, 3.63) is 76.0 Å². The van der Waals surface area contributed by atoms with Gasteiger partial charge in [-0.05, 0) is 31.2 Å². The minimum Gasteiger partial charge on any atom is -0.351 e. The summed E-state index contributed by atoms with van der Waals surface area (Å²) in [6.45, 7) is 4.35. The molecule has 6 rings (SSSR count). The summed E-state index contributed by atoms with van der Waals surface area (Å²) < 4.78 is 15.3. The molecule has 0 bridgehead atoms. The van der Waals surface area contributed by atoms with Gasteiger partial charge in [-0.1, -0.05) is 12.1 Å². The van der Waals surface area contributed by atoms with Crippen LogP contribution in [-0.2, 0) is 17.3 Å². The van der Waals surface area contributed by atoms with Crippen LogP contribution in [0.5, 0.6) is 0 Å². The molecule has 2 aliphatic rings. The number of anilines is 1. The van der Waals surface area contributed by atoms with Gasteiger partial charge >= 0.3 is 0 Å². The van der Waals surface area contributed by atoms with Gasteiger partial charge in [0.25, 0.3) is 5.91 Å². The molecule has 3 aromatic heterocycles. The van der Waals surface area contributed by atoms with E-state index in [1.165, 1.54) is 0 Å². The van der Waals surface area contributed by atoms with Gasteiger partial charge < -0.3 is 10.2 Å². The molecule has 1 saturated heterocycles. The Bertz CT molecular complexity index is 1700. The minimum absolute atomic E-state index is 0.0576. The number of fused-ring (bicyclic) bond motifs is 5. The topological polar surface area (TPSA) is 130 Å². The van der Waals surface area contributed by atoms with Crippen molar-refractivity contribution in [1.82, 2.24) is 24.8 Å². The van der Waals surface area contributed by atoms with Gasteiger partial charge in [-0.2, -0.15) is 4.65 Å². The van der Waals surface area contributed by atoms with Crippen molar-refractivity contribution < 1.29 is 18.9 Å². The number of rotatable bonds is 4. The van der Waals surface area contributed by atoms with Crippen LogP contribution in [0, 0.1) is 6.92 Å². The normalized spacial score (nSPS) is 20.4. The number of nitrogens with one attached hydrogen (secondary N) is 1. The fraction of sp³-hybridized carbons (Fsp3) is 0.296. The van der Waals surface area contributed by atoms with Gasteiger partial charge in [0.2, 0.25) is 5.43 Å². The van der Waals surface area contributed by atoms with E-state index in [9.17, 15) is 19.0 Å². The molecule has 0 spiro atoms. The van der Waals surface area contributed by atoms with E-state index in [1.807, 2.05) is 19.1 Å². The molecule has 0 aliphatic carbocycles. The molecule has 2 atom stereocenters. The van der Waals surface area contributed by atoms with Crippen molar-refractivity contribution in [3.8, 4) is 5.69 Å². The number of nitrogens with zero attached hydrogens (tertiary/aromatic N) is 6. The molecule has 1 amide bonds. The molecule has 1 fully saturated rings. The van der Waals surface area contributed by atoms with Crippen LogP contribution in [0.15, 0.2) is 63.5 Å². The molecule has 5 heterocycles. The summed E-state index contributed by atoms with van der Waals surface area (Å²) in [7, 11) is 0.0239. The van der Waals surface area contributed by atoms with Crippen LogP contribution in [0.1, 0.15) is 28.2 Å². The van der Waals surface area contributed by atoms with Gasteiger partial charge in [0.15, 0.2) is 5.65 Å². The lowest BCUT2D eigenvalue weighted by Crippen LogP contribution is -2.43. The highest BCUT2D eigenvalue weighted by atomic mass is 32.2. The molecule has 12 heteroatoms. The zero-order chi connectivity index (χ0) is 27.3. The minimum atomic E-state index is -1.76. The summed E-state index contributed by atoms with van der Waals surface area (Å²) in [6.07, 6.45) is 3.94. The van der Waals surface area contributed by atoms with Gasteiger partial charge in [-0.25, -0.2) is 14.4 Å². The molecule has 11 nitrogen and oxygen atoms in total. The second-order valence-corrected chi connectivity index (χ2v) is 11.4. The first-order chi connectivity index (χ1) is 18.7. The van der Waals surface area contributed by atoms with Crippen molar-refractivity contribution >= 4 is 33.6 Å². The second kappa shape index (κ2) is 9.63. The average Bonchev–Trinajstić information content (AvgIpc) is 3.09. The van der Waals surface area contributed by atoms with E-state index in [1.54, 1.807) is 48.3 Å². The van der Waals surface area contributed by atoms with Crippen molar-refractivity contribution in [1.29, 1.82) is 0 Å². The third kappa shape index (κ3) is 4.50. The first kappa shape index (κ1) is 25.3. The third-order valence-electron chi connectivity index (χ3n) is 7.18. The smallest absolute Gasteiger partial charge is 0.258 e. The molecule has 0 radical (unpaired) electrons. The van der Waals surface area contributed by atoms with Gasteiger partial charge in [0.05, 0.1) is 53.7 Å². The predicted molar refractivity (Wildman–Crippen MR) is 144 cm³/mol. The molecule has 1 aromatic carbocycles. The van der Waals surface area contributed by atoms with Crippen molar-refractivity contribution in [2.75, 3.05) is 38.1 Å². The van der Waals surface area contributed by atoms with Crippen LogP contribution in [0.25, 0.3) is 16.7 Å². The van der Waals surface area contributed by atoms with E-state index in [4.69, 9.17) is 4.98 Å². The number of hydroxylamine groups is 3. The van der Waals surface area contributed by atoms with E-state index in [0.29, 0.717) is 53.9 Å². The van der Waals surface area contributed by atoms with Crippen LogP contribution < -0.4 is 15.6 Å². The monoisotopic (exact) mass is 546 g/mol. The Morgan fingerprint density at radius 1 is 1.13 bits per heavy atom. The molecular formula is C27H28N7O4S+. The maximum Gasteiger partial charge on any atom is 0.258 e. The highest BCUT2D eigenvalue weighted by molar-refractivity contribution is 7.85. The molecule has 200 valence electrons. The molecule has 2 N–H and O–H groups in total. The lowest BCUT2D eigenvalue weighted by atomic mass is 10.1. The quantitative estimate of drug-likeness (QED) is 0.327. The molecular weight excluding hydrogens is 518 g/mol. The summed E-state index contributed by atoms with van der Waals surface area (Å²) in [6, 6.07) is 10.6. The van der Waals surface area contributed by atoms with Gasteiger partial charge in [-0.15, -0.1) is 0 Å². The van der Waals surface area contributed by atoms with E-state index in [0.717, 1.165) is 12.1 Å². The van der Waals surface area contributed by atoms with Gasteiger partial charge in [-0.3, -0.25) is 24.1 Å². The van der Waals surface area contributed by atoms with E-state index >= 15 is 0 Å². The number of aromatic nitrogens is 4. The number of pyridine rings is 2. The number of amides is 1. The second-order valence-electron chi connectivity index (χ2n) is 10.1. The maximum atomic E-state index is 13.8. The highest BCUT2D eigenvalue weighted by Gasteiger charge is 2.35. The fourth-order valence-corrected chi connectivity index (χ4v) is 6.55. The fourth-order valence-electron chi connectivity index (χ4n) is 5.07. The predicted octanol–water partition coefficient (Wildman–Crippen LogP) is 1.94. The number of likely N-dealkylation sites (N-methyl/N-ethyl adjacent to an activating group) is 1. The number of benzene rings is 1. The van der Waals surface area contributed by atoms with Crippen molar-refractivity contribution in [2.24, 2.45) is 0 Å². The molecule has 2 aliphatic heterocycles. The Labute approximate surface area is 226 Å². The summed E-state index contributed by atoms with van der Waals surface area (Å²) in [5.74, 6) is 0.0228. The number of hydrogen-bond acceptors (Lipinski definition) is 8. The zero-order valence-electron chi connectivity index (χ0n) is 21.6. The summed E-state index contributed by atoms with van der Waals surface area (Å²) in [5.41, 5.74) is 1.55. The standard InChI is InChI=1S/C27H27N7O4S/c1-17-14-29-18(15-28-17)16-30-26(36)23-24(35)19-8-9-22(32-10-5-12-34(2,37)13-11-32)31-25(19)33-20-6-3-4-7-21(20)39(38)27(23)33/h3-4,6-9,14-15,37H,5,10-13,16H2,1-2H3/p+1. The lowest BCUT2D eigenvalue weighted by Gasteiger charge is -2.24. The first-order valence-electron chi connectivity index (χ1n) is 12.7. The van der Waals surface area contributed by atoms with Crippen molar-refractivity contribution in [3.63, 3.8) is 0 Å². The maximum absolute atomic E-state index is 13.8. The van der Waals surface area contributed by atoms with Crippen molar-refractivity contribution in [2.45, 2.75) is 29.8 Å². The summed E-state index contributed by atoms with van der Waals surface area (Å²) in [5, 5.41) is 13.6. The zero-order valence-corrected chi connectivity index (χ0v) is 22.4. The molecule has 4 aromatic rings. The number of carbonyl (C=O) groups is 1. The number of hydrogen-bond donors (Lipinski definition) is 2. The Morgan fingerprint density at radius 3 is 2.74 bits per heavy atom. The van der Waals surface area contributed by atoms with Crippen LogP contribution in [0.4, 0.5) is 5.82 Å². The Kier molecular flexibility index (Phi) is 6.25. The average molecular weight is 547 g/mol. The van der Waals surface area contributed by atoms with E-state index in [2.05, 4.69) is 20.2 Å². The number of carbonyl (C=O) groups excluding carboxylic acids is 1. The third-order valence-corrected chi connectivity index (χ3v) is 8.66. The molecule has 0 saturated carbocycles. The Hall–Kier alpha value is -4.00. The summed E-state index contributed by atoms with van der Waals surface area (Å²) >= 11 is 0. The summed E-state index contributed by atoms with van der Waals surface area (Å²) in [4.78, 5) is 43.2. The lowest BCUT2D eigenvalue weighted by molar-refractivity contribution is -1.09. The van der Waals surface area contributed by atoms with E-state index in [-0.39, 0.29) is 27.2 Å². The number of quaternary nitrogens is 1. The highest BCUT2D eigenvalue weighted by Crippen LogP contribution is 2.36. The van der Waals surface area contributed by atoms with Crippen LogP contribution in [0.3, 0.4) is 0 Å². The molecule has 39 heavy (non-hydrogen) atoms. The van der Waals surface area contributed by atoms with Crippen LogP contribution in [0.2, 0.25) is 0 Å². The Balaban J connectivity index is 1.47. The van der Waals surface area contributed by atoms with Crippen LogP contribution >= 0.6 is 0 Å². The number of para-hydroxylation sites is 1. The van der Waals surface area contributed by atoms with Crippen LogP contribution in [-0.4, -0.2) is 72.7 Å². The SMILES string of the molecule is Cc1cnc(CNC(=O)c2c3n(c4nc(N5CCC[N+](C)(O)CC5)ccc4c2=O)-c2ccccc2S3=O)cn1.